The largest absolute Gasteiger partial charge is 0.473 e. The van der Waals surface area contributed by atoms with Gasteiger partial charge in [-0.15, -0.1) is 0 Å². The molecule has 2 aliphatic heterocycles. The number of hydrogen-bond donors (Lipinski definition) is 2. The summed E-state index contributed by atoms with van der Waals surface area (Å²) < 4.78 is 16.9. The zero-order chi connectivity index (χ0) is 26.2. The molecule has 3 aromatic rings. The second kappa shape index (κ2) is 12.4. The molecule has 1 saturated heterocycles. The molecule has 0 bridgehead atoms. The minimum atomic E-state index is -1.82. The van der Waals surface area contributed by atoms with Gasteiger partial charge in [0, 0.05) is 44.3 Å². The molecule has 0 aromatic heterocycles. The summed E-state index contributed by atoms with van der Waals surface area (Å²) in [6.07, 6.45) is 0. The monoisotopic (exact) mass is 526 g/mol. The zero-order valence-electron chi connectivity index (χ0n) is 20.0. The molecule has 3 aromatic carbocycles. The maximum Gasteiger partial charge on any atom is 0.414 e. The Morgan fingerprint density at radius 1 is 0.757 bits per heavy atom. The number of rotatable bonds is 6. The lowest BCUT2D eigenvalue weighted by Crippen LogP contribution is -2.45. The molecule has 2 heterocycles. The summed E-state index contributed by atoms with van der Waals surface area (Å²) in [5.74, 6) is -0.308. The van der Waals surface area contributed by atoms with E-state index in [-0.39, 0.29) is 0 Å². The van der Waals surface area contributed by atoms with Gasteiger partial charge in [0.25, 0.3) is 0 Å². The molecular formula is C27H27ClN2O7. The first-order valence-electron chi connectivity index (χ1n) is 11.7. The van der Waals surface area contributed by atoms with Crippen molar-refractivity contribution in [1.29, 1.82) is 0 Å². The van der Waals surface area contributed by atoms with Crippen LogP contribution >= 0.6 is 11.6 Å². The average Bonchev–Trinajstić information content (AvgIpc) is 3.35. The van der Waals surface area contributed by atoms with Crippen molar-refractivity contribution in [1.82, 2.24) is 9.80 Å². The number of ether oxygens (including phenoxy) is 3. The van der Waals surface area contributed by atoms with Gasteiger partial charge in [0.05, 0.1) is 0 Å². The topological polar surface area (TPSA) is 109 Å². The van der Waals surface area contributed by atoms with E-state index in [0.29, 0.717) is 11.8 Å². The van der Waals surface area contributed by atoms with Crippen LogP contribution < -0.4 is 14.2 Å². The minimum Gasteiger partial charge on any atom is -0.473 e. The van der Waals surface area contributed by atoms with Gasteiger partial charge < -0.3 is 24.4 Å². The molecule has 0 aliphatic carbocycles. The van der Waals surface area contributed by atoms with Gasteiger partial charge in [-0.05, 0) is 59.7 Å². The van der Waals surface area contributed by atoms with Crippen molar-refractivity contribution in [3.63, 3.8) is 0 Å². The van der Waals surface area contributed by atoms with Crippen LogP contribution in [-0.4, -0.2) is 64.9 Å². The average molecular weight is 527 g/mol. The highest BCUT2D eigenvalue weighted by molar-refractivity contribution is 6.30. The van der Waals surface area contributed by atoms with Crippen LogP contribution in [-0.2, 0) is 22.7 Å². The highest BCUT2D eigenvalue weighted by Gasteiger charge is 2.19. The fourth-order valence-corrected chi connectivity index (χ4v) is 4.13. The molecule has 0 spiro atoms. The highest BCUT2D eigenvalue weighted by atomic mass is 35.5. The minimum absolute atomic E-state index is 0.323. The van der Waals surface area contributed by atoms with Gasteiger partial charge in [0.15, 0.2) is 11.5 Å². The Labute approximate surface area is 219 Å². The molecule has 194 valence electrons. The van der Waals surface area contributed by atoms with Crippen LogP contribution in [0, 0.1) is 0 Å². The van der Waals surface area contributed by atoms with Crippen LogP contribution in [0.3, 0.4) is 0 Å². The lowest BCUT2D eigenvalue weighted by Gasteiger charge is -2.34. The van der Waals surface area contributed by atoms with Gasteiger partial charge in [0.1, 0.15) is 11.5 Å². The fourth-order valence-electron chi connectivity index (χ4n) is 4.01. The molecule has 10 heteroatoms. The highest BCUT2D eigenvalue weighted by Crippen LogP contribution is 2.33. The molecule has 0 atom stereocenters. The summed E-state index contributed by atoms with van der Waals surface area (Å²) in [5, 5.41) is 15.5. The number of nitrogens with zero attached hydrogens (tertiary/aromatic N) is 2. The Hall–Kier alpha value is -3.79. The predicted molar refractivity (Wildman–Crippen MR) is 136 cm³/mol. The van der Waals surface area contributed by atoms with Crippen molar-refractivity contribution in [3.05, 3.63) is 82.9 Å². The molecule has 37 heavy (non-hydrogen) atoms. The van der Waals surface area contributed by atoms with E-state index in [0.717, 1.165) is 62.3 Å². The number of carboxylic acid groups (broad SMARTS) is 2. The molecule has 1 fully saturated rings. The van der Waals surface area contributed by atoms with Crippen LogP contribution in [0.5, 0.6) is 23.0 Å². The van der Waals surface area contributed by atoms with Crippen molar-refractivity contribution >= 4 is 23.5 Å². The third-order valence-electron chi connectivity index (χ3n) is 5.84. The Bertz CT molecular complexity index is 1220. The van der Waals surface area contributed by atoms with Crippen molar-refractivity contribution < 1.29 is 34.0 Å². The summed E-state index contributed by atoms with van der Waals surface area (Å²) in [6, 6.07) is 22.0. The smallest absolute Gasteiger partial charge is 0.414 e. The van der Waals surface area contributed by atoms with E-state index >= 15 is 0 Å². The van der Waals surface area contributed by atoms with Crippen molar-refractivity contribution in [2.45, 2.75) is 13.1 Å². The Kier molecular flexibility index (Phi) is 8.84. The van der Waals surface area contributed by atoms with Crippen molar-refractivity contribution in [2.24, 2.45) is 0 Å². The Morgan fingerprint density at radius 3 is 1.97 bits per heavy atom. The number of carboxylic acids is 2. The Morgan fingerprint density at radius 2 is 1.35 bits per heavy atom. The van der Waals surface area contributed by atoms with Crippen LogP contribution in [0.4, 0.5) is 0 Å². The summed E-state index contributed by atoms with van der Waals surface area (Å²) in [7, 11) is 0. The molecular weight excluding hydrogens is 500 g/mol. The summed E-state index contributed by atoms with van der Waals surface area (Å²) in [4.78, 5) is 23.2. The van der Waals surface area contributed by atoms with Gasteiger partial charge in [0.2, 0.25) is 6.79 Å². The molecule has 0 unspecified atom stereocenters. The van der Waals surface area contributed by atoms with Crippen LogP contribution in [0.1, 0.15) is 11.1 Å². The molecule has 5 rings (SSSR count). The molecule has 2 aliphatic rings. The number of hydrogen-bond acceptors (Lipinski definition) is 7. The van der Waals surface area contributed by atoms with E-state index in [4.69, 9.17) is 45.6 Å². The maximum absolute atomic E-state index is 9.10. The fraction of sp³-hybridized carbons (Fsp3) is 0.259. The molecule has 0 saturated carbocycles. The van der Waals surface area contributed by atoms with E-state index in [9.17, 15) is 0 Å². The first-order valence-corrected chi connectivity index (χ1v) is 12.1. The zero-order valence-corrected chi connectivity index (χ0v) is 20.8. The SMILES string of the molecule is Clc1ccc(Oc2cccc(CN3CCN(Cc4ccc5c(c4)OCO5)CC3)c2)cc1.O=C(O)C(=O)O. The van der Waals surface area contributed by atoms with Crippen LogP contribution in [0.15, 0.2) is 66.7 Å². The number of aliphatic carboxylic acids is 2. The van der Waals surface area contributed by atoms with E-state index in [2.05, 4.69) is 40.1 Å². The second-order valence-electron chi connectivity index (χ2n) is 8.55. The molecule has 0 radical (unpaired) electrons. The van der Waals surface area contributed by atoms with E-state index in [1.54, 1.807) is 0 Å². The van der Waals surface area contributed by atoms with Gasteiger partial charge in [-0.1, -0.05) is 29.8 Å². The van der Waals surface area contributed by atoms with Crippen LogP contribution in [0.25, 0.3) is 0 Å². The lowest BCUT2D eigenvalue weighted by atomic mass is 10.1. The van der Waals surface area contributed by atoms with Gasteiger partial charge >= 0.3 is 11.9 Å². The van der Waals surface area contributed by atoms with Gasteiger partial charge in [-0.25, -0.2) is 9.59 Å². The maximum atomic E-state index is 9.10. The first kappa shape index (κ1) is 26.3. The first-order chi connectivity index (χ1) is 17.9. The van der Waals surface area contributed by atoms with E-state index < -0.39 is 11.9 Å². The van der Waals surface area contributed by atoms with Crippen molar-refractivity contribution in [3.8, 4) is 23.0 Å². The Balaban J connectivity index is 0.000000480. The number of piperazine rings is 1. The number of benzene rings is 3. The lowest BCUT2D eigenvalue weighted by molar-refractivity contribution is -0.159. The van der Waals surface area contributed by atoms with Crippen molar-refractivity contribution in [2.75, 3.05) is 33.0 Å². The molecule has 0 amide bonds. The third-order valence-corrected chi connectivity index (χ3v) is 6.10. The number of halogens is 1. The summed E-state index contributed by atoms with van der Waals surface area (Å²) >= 11 is 5.95. The molecule has 2 N–H and O–H groups in total. The van der Waals surface area contributed by atoms with Crippen LogP contribution in [0.2, 0.25) is 5.02 Å². The van der Waals surface area contributed by atoms with E-state index in [1.165, 1.54) is 11.1 Å². The molecule has 9 nitrogen and oxygen atoms in total. The normalized spacial score (nSPS) is 14.9. The number of carbonyl (C=O) groups is 2. The third kappa shape index (κ3) is 7.85. The standard InChI is InChI=1S/C25H25ClN2O3.C2H2O4/c26-21-5-7-22(8-6-21)31-23-3-1-2-19(14-23)16-27-10-12-28(13-11-27)17-20-4-9-24-25(15-20)30-18-29-24;3-1(4)2(5)6/h1-9,14-15H,10-13,16-18H2;(H,3,4)(H,5,6). The quantitative estimate of drug-likeness (QED) is 0.453. The summed E-state index contributed by atoms with van der Waals surface area (Å²) in [5.41, 5.74) is 2.53. The number of fused-ring (bicyclic) bond motifs is 1. The predicted octanol–water partition coefficient (Wildman–Crippen LogP) is 4.33. The second-order valence-corrected chi connectivity index (χ2v) is 8.99. The summed E-state index contributed by atoms with van der Waals surface area (Å²) in [6.45, 7) is 6.39. The van der Waals surface area contributed by atoms with Gasteiger partial charge in [-0.2, -0.15) is 0 Å². The van der Waals surface area contributed by atoms with Gasteiger partial charge in [-0.3, -0.25) is 9.80 Å². The van der Waals surface area contributed by atoms with E-state index in [1.807, 2.05) is 36.4 Å².